The van der Waals surface area contributed by atoms with Crippen molar-refractivity contribution in [3.05, 3.63) is 69.9 Å². The molecule has 1 fully saturated rings. The van der Waals surface area contributed by atoms with Crippen molar-refractivity contribution in [3.63, 3.8) is 0 Å². The summed E-state index contributed by atoms with van der Waals surface area (Å²) in [5.74, 6) is -0.229. The van der Waals surface area contributed by atoms with Crippen LogP contribution >= 0.6 is 0 Å². The summed E-state index contributed by atoms with van der Waals surface area (Å²) in [6, 6.07) is 12.7. The number of carbonyl (C=O) groups is 2. The number of benzene rings is 2. The number of non-ortho nitro benzene ring substituents is 1. The Hall–Kier alpha value is -3.68. The van der Waals surface area contributed by atoms with Crippen LogP contribution in [0.15, 0.2) is 54.2 Å². The molecule has 2 aromatic carbocycles. The highest BCUT2D eigenvalue weighted by atomic mass is 16.6. The molecule has 0 radical (unpaired) electrons. The molecule has 160 valence electrons. The lowest BCUT2D eigenvalue weighted by Gasteiger charge is -2.20. The molecule has 0 N–H and O–H groups in total. The molecule has 4 rings (SSSR count). The van der Waals surface area contributed by atoms with Crippen molar-refractivity contribution >= 4 is 28.8 Å². The maximum Gasteiger partial charge on any atom is 0.282 e. The molecule has 0 aliphatic carbocycles. The summed E-state index contributed by atoms with van der Waals surface area (Å²) in [4.78, 5) is 40.5. The highest BCUT2D eigenvalue weighted by Crippen LogP contribution is 2.37. The van der Waals surface area contributed by atoms with Gasteiger partial charge in [-0.25, -0.2) is 4.90 Å². The van der Waals surface area contributed by atoms with Crippen LogP contribution in [-0.4, -0.2) is 41.3 Å². The largest absolute Gasteiger partial charge is 0.494 e. The van der Waals surface area contributed by atoms with E-state index < -0.39 is 10.8 Å². The molecule has 2 heterocycles. The lowest BCUT2D eigenvalue weighted by molar-refractivity contribution is -0.384. The first-order chi connectivity index (χ1) is 15.0. The number of hydrogen-bond donors (Lipinski definition) is 0. The fraction of sp³-hybridized carbons (Fsp3) is 0.304. The number of ether oxygens (including phenoxy) is 1. The molecule has 8 nitrogen and oxygen atoms in total. The van der Waals surface area contributed by atoms with Crippen LogP contribution < -0.4 is 9.64 Å². The van der Waals surface area contributed by atoms with Crippen molar-refractivity contribution in [1.29, 1.82) is 0 Å². The van der Waals surface area contributed by atoms with Crippen molar-refractivity contribution in [1.82, 2.24) is 4.90 Å². The van der Waals surface area contributed by atoms with Crippen LogP contribution in [0.5, 0.6) is 5.75 Å². The van der Waals surface area contributed by atoms with Crippen LogP contribution in [0, 0.1) is 10.1 Å². The van der Waals surface area contributed by atoms with E-state index in [0.29, 0.717) is 42.4 Å². The first-order valence-corrected chi connectivity index (χ1v) is 10.4. The van der Waals surface area contributed by atoms with Gasteiger partial charge in [0.05, 0.1) is 22.8 Å². The van der Waals surface area contributed by atoms with Gasteiger partial charge in [-0.15, -0.1) is 0 Å². The average Bonchev–Trinajstić information content (AvgIpc) is 3.38. The van der Waals surface area contributed by atoms with E-state index in [0.717, 1.165) is 19.3 Å². The van der Waals surface area contributed by atoms with Gasteiger partial charge in [-0.3, -0.25) is 19.7 Å². The van der Waals surface area contributed by atoms with E-state index in [1.54, 1.807) is 24.3 Å². The maximum atomic E-state index is 13.5. The standard InChI is InChI=1S/C23H23N3O5/c1-2-14-31-19-7-5-6-18(15-19)25-22(27)20(16-8-10-17(11-9-16)26(29)30)21(23(25)28)24-12-3-4-13-24/h5-11,15H,2-4,12-14H2,1H3. The van der Waals surface area contributed by atoms with Crippen molar-refractivity contribution < 1.29 is 19.2 Å². The number of hydrogen-bond acceptors (Lipinski definition) is 6. The number of nitrogens with zero attached hydrogens (tertiary/aromatic N) is 3. The summed E-state index contributed by atoms with van der Waals surface area (Å²) in [6.45, 7) is 3.92. The molecule has 2 aliphatic rings. The number of rotatable bonds is 7. The maximum absolute atomic E-state index is 13.5. The Balaban J connectivity index is 1.75. The third kappa shape index (κ3) is 3.88. The molecule has 0 saturated carbocycles. The van der Waals surface area contributed by atoms with Gasteiger partial charge in [0, 0.05) is 31.3 Å². The number of nitro groups is 1. The molecule has 2 amide bonds. The summed E-state index contributed by atoms with van der Waals surface area (Å²) in [6.07, 6.45) is 2.73. The second-order valence-electron chi connectivity index (χ2n) is 7.51. The van der Waals surface area contributed by atoms with E-state index >= 15 is 0 Å². The van der Waals surface area contributed by atoms with Crippen molar-refractivity contribution in [2.45, 2.75) is 26.2 Å². The minimum atomic E-state index is -0.491. The van der Waals surface area contributed by atoms with Gasteiger partial charge in [-0.2, -0.15) is 0 Å². The smallest absolute Gasteiger partial charge is 0.282 e. The second-order valence-corrected chi connectivity index (χ2v) is 7.51. The summed E-state index contributed by atoms with van der Waals surface area (Å²) in [5.41, 5.74) is 1.50. The van der Waals surface area contributed by atoms with Crippen LogP contribution in [0.1, 0.15) is 31.7 Å². The molecule has 0 atom stereocenters. The topological polar surface area (TPSA) is 93.0 Å². The fourth-order valence-electron chi connectivity index (χ4n) is 3.93. The zero-order valence-corrected chi connectivity index (χ0v) is 17.2. The number of carbonyl (C=O) groups excluding carboxylic acids is 2. The Bertz CT molecular complexity index is 1060. The van der Waals surface area contributed by atoms with E-state index in [1.807, 2.05) is 11.8 Å². The van der Waals surface area contributed by atoms with Gasteiger partial charge in [-0.1, -0.05) is 13.0 Å². The molecule has 2 aliphatic heterocycles. The zero-order chi connectivity index (χ0) is 22.0. The van der Waals surface area contributed by atoms with E-state index in [-0.39, 0.29) is 17.2 Å². The minimum Gasteiger partial charge on any atom is -0.494 e. The van der Waals surface area contributed by atoms with Gasteiger partial charge in [0.2, 0.25) is 0 Å². The van der Waals surface area contributed by atoms with Gasteiger partial charge in [0.1, 0.15) is 11.4 Å². The summed E-state index contributed by atoms with van der Waals surface area (Å²) in [5, 5.41) is 11.0. The third-order valence-corrected chi connectivity index (χ3v) is 5.40. The van der Waals surface area contributed by atoms with E-state index in [1.165, 1.54) is 29.2 Å². The van der Waals surface area contributed by atoms with E-state index in [4.69, 9.17) is 4.74 Å². The highest BCUT2D eigenvalue weighted by molar-refractivity contribution is 6.45. The number of nitro benzene ring substituents is 1. The Morgan fingerprint density at radius 1 is 1.03 bits per heavy atom. The first kappa shape index (κ1) is 20.6. The molecule has 0 unspecified atom stereocenters. The summed E-state index contributed by atoms with van der Waals surface area (Å²) >= 11 is 0. The van der Waals surface area contributed by atoms with Crippen LogP contribution in [-0.2, 0) is 9.59 Å². The minimum absolute atomic E-state index is 0.0681. The average molecular weight is 421 g/mol. The Labute approximate surface area is 179 Å². The van der Waals surface area contributed by atoms with Crippen molar-refractivity contribution in [2.75, 3.05) is 24.6 Å². The van der Waals surface area contributed by atoms with Crippen molar-refractivity contribution in [2.24, 2.45) is 0 Å². The van der Waals surface area contributed by atoms with Gasteiger partial charge in [0.15, 0.2) is 0 Å². The van der Waals surface area contributed by atoms with Gasteiger partial charge in [0.25, 0.3) is 17.5 Å². The lowest BCUT2D eigenvalue weighted by atomic mass is 10.0. The van der Waals surface area contributed by atoms with Gasteiger partial charge >= 0.3 is 0 Å². The summed E-state index contributed by atoms with van der Waals surface area (Å²) in [7, 11) is 0. The normalized spacial score (nSPS) is 16.4. The molecule has 0 bridgehead atoms. The number of likely N-dealkylation sites (tertiary alicyclic amines) is 1. The molecule has 31 heavy (non-hydrogen) atoms. The van der Waals surface area contributed by atoms with Crippen LogP contribution in [0.2, 0.25) is 0 Å². The predicted molar refractivity (Wildman–Crippen MR) is 116 cm³/mol. The SMILES string of the molecule is CCCOc1cccc(N2C(=O)C(c3ccc([N+](=O)[O-])cc3)=C(N3CCCC3)C2=O)c1. The number of amides is 2. The molecule has 2 aromatic rings. The van der Waals surface area contributed by atoms with E-state index in [2.05, 4.69) is 0 Å². The predicted octanol–water partition coefficient (Wildman–Crippen LogP) is 3.76. The van der Waals surface area contributed by atoms with Gasteiger partial charge < -0.3 is 9.64 Å². The van der Waals surface area contributed by atoms with E-state index in [9.17, 15) is 19.7 Å². The van der Waals surface area contributed by atoms with Gasteiger partial charge in [-0.05, 0) is 49.1 Å². The highest BCUT2D eigenvalue weighted by Gasteiger charge is 2.43. The molecule has 1 saturated heterocycles. The quantitative estimate of drug-likeness (QED) is 0.384. The Kier molecular flexibility index (Phi) is 5.70. The molecular formula is C23H23N3O5. The van der Waals surface area contributed by atoms with Crippen LogP contribution in [0.25, 0.3) is 5.57 Å². The first-order valence-electron chi connectivity index (χ1n) is 10.4. The summed E-state index contributed by atoms with van der Waals surface area (Å²) < 4.78 is 5.66. The second kappa shape index (κ2) is 8.59. The van der Waals surface area contributed by atoms with Crippen LogP contribution in [0.3, 0.4) is 0 Å². The van der Waals surface area contributed by atoms with Crippen molar-refractivity contribution in [3.8, 4) is 5.75 Å². The molecule has 0 spiro atoms. The molecule has 8 heteroatoms. The Morgan fingerprint density at radius 3 is 2.39 bits per heavy atom. The molecule has 0 aromatic heterocycles. The van der Waals surface area contributed by atoms with Crippen LogP contribution in [0.4, 0.5) is 11.4 Å². The molecular weight excluding hydrogens is 398 g/mol. The Morgan fingerprint density at radius 2 is 1.74 bits per heavy atom. The zero-order valence-electron chi connectivity index (χ0n) is 17.2. The third-order valence-electron chi connectivity index (χ3n) is 5.40. The fourth-order valence-corrected chi connectivity index (χ4v) is 3.93. The monoisotopic (exact) mass is 421 g/mol. The number of imide groups is 1. The number of anilines is 1. The lowest BCUT2D eigenvalue weighted by Crippen LogP contribution is -2.34.